The largest absolute Gasteiger partial charge is 0.495 e. The molecule has 3 nitrogen and oxygen atoms in total. The number of methoxy groups -OCH3 is 2. The molecular weight excluding hydrogens is 239 g/mol. The molecule has 1 N–H and O–H groups in total. The van der Waals surface area contributed by atoms with E-state index >= 15 is 0 Å². The van der Waals surface area contributed by atoms with Crippen molar-refractivity contribution in [2.24, 2.45) is 0 Å². The summed E-state index contributed by atoms with van der Waals surface area (Å²) in [6.45, 7) is 1.61. The molecule has 0 amide bonds. The lowest BCUT2D eigenvalue weighted by Gasteiger charge is -2.15. The Labute approximate surface area is 98.5 Å². The lowest BCUT2D eigenvalue weighted by atomic mass is 10.1. The number of halogens is 2. The van der Waals surface area contributed by atoms with Crippen molar-refractivity contribution < 1.29 is 14.6 Å². The number of benzene rings is 1. The van der Waals surface area contributed by atoms with E-state index in [0.29, 0.717) is 27.1 Å². The second-order valence-electron chi connectivity index (χ2n) is 3.01. The summed E-state index contributed by atoms with van der Waals surface area (Å²) in [5, 5.41) is 10.1. The van der Waals surface area contributed by atoms with Crippen molar-refractivity contribution in [3.8, 4) is 11.5 Å². The average molecular weight is 251 g/mol. The molecule has 0 saturated carbocycles. The van der Waals surface area contributed by atoms with Crippen LogP contribution in [0.2, 0.25) is 10.0 Å². The van der Waals surface area contributed by atoms with E-state index in [-0.39, 0.29) is 0 Å². The zero-order chi connectivity index (χ0) is 11.6. The number of aliphatic hydroxyl groups is 1. The van der Waals surface area contributed by atoms with E-state index in [1.807, 2.05) is 0 Å². The SMILES string of the molecule is COc1cc(C(C)O)c(Cl)c(OC)c1Cl. The summed E-state index contributed by atoms with van der Waals surface area (Å²) >= 11 is 12.0. The number of hydrogen-bond donors (Lipinski definition) is 1. The predicted octanol–water partition coefficient (Wildman–Crippen LogP) is 3.06. The van der Waals surface area contributed by atoms with Gasteiger partial charge in [-0.1, -0.05) is 23.2 Å². The molecule has 1 unspecified atom stereocenters. The zero-order valence-corrected chi connectivity index (χ0v) is 10.2. The van der Waals surface area contributed by atoms with Crippen LogP contribution in [0.15, 0.2) is 6.07 Å². The van der Waals surface area contributed by atoms with Crippen molar-refractivity contribution >= 4 is 23.2 Å². The van der Waals surface area contributed by atoms with E-state index in [1.165, 1.54) is 14.2 Å². The van der Waals surface area contributed by atoms with Gasteiger partial charge in [-0.25, -0.2) is 0 Å². The summed E-state index contributed by atoms with van der Waals surface area (Å²) in [7, 11) is 2.94. The summed E-state index contributed by atoms with van der Waals surface area (Å²) in [6.07, 6.45) is -0.711. The Morgan fingerprint density at radius 3 is 2.20 bits per heavy atom. The van der Waals surface area contributed by atoms with Gasteiger partial charge in [-0.2, -0.15) is 0 Å². The van der Waals surface area contributed by atoms with Crippen molar-refractivity contribution in [1.29, 1.82) is 0 Å². The molecule has 0 saturated heterocycles. The molecule has 0 radical (unpaired) electrons. The highest BCUT2D eigenvalue weighted by Crippen LogP contribution is 2.43. The van der Waals surface area contributed by atoms with Crippen LogP contribution in [0.4, 0.5) is 0 Å². The van der Waals surface area contributed by atoms with Crippen LogP contribution in [0.25, 0.3) is 0 Å². The van der Waals surface area contributed by atoms with Gasteiger partial charge in [0.15, 0.2) is 5.75 Å². The first-order valence-electron chi connectivity index (χ1n) is 4.30. The highest BCUT2D eigenvalue weighted by atomic mass is 35.5. The molecule has 0 bridgehead atoms. The molecule has 0 heterocycles. The molecule has 5 heteroatoms. The van der Waals surface area contributed by atoms with Gasteiger partial charge >= 0.3 is 0 Å². The second-order valence-corrected chi connectivity index (χ2v) is 3.76. The van der Waals surface area contributed by atoms with Crippen LogP contribution < -0.4 is 9.47 Å². The van der Waals surface area contributed by atoms with Gasteiger partial charge in [0.2, 0.25) is 0 Å². The molecule has 84 valence electrons. The van der Waals surface area contributed by atoms with Gasteiger partial charge in [0.25, 0.3) is 0 Å². The summed E-state index contributed by atoms with van der Waals surface area (Å²) in [6, 6.07) is 1.60. The molecule has 0 aliphatic rings. The maximum atomic E-state index is 9.50. The predicted molar refractivity (Wildman–Crippen MR) is 60.2 cm³/mol. The molecule has 0 fully saturated rings. The fourth-order valence-electron chi connectivity index (χ4n) is 1.24. The second kappa shape index (κ2) is 4.92. The average Bonchev–Trinajstić information content (AvgIpc) is 2.18. The first kappa shape index (κ1) is 12.4. The maximum absolute atomic E-state index is 9.50. The standard InChI is InChI=1S/C10H12Cl2O3/c1-5(13)6-4-7(14-2)9(12)10(15-3)8(6)11/h4-5,13H,1-3H3. The van der Waals surface area contributed by atoms with Crippen molar-refractivity contribution in [1.82, 2.24) is 0 Å². The first-order chi connectivity index (χ1) is 7.02. The number of aliphatic hydroxyl groups excluding tert-OH is 1. The third-order valence-corrected chi connectivity index (χ3v) is 2.78. The molecule has 0 aromatic heterocycles. The van der Waals surface area contributed by atoms with Crippen LogP contribution in [0.5, 0.6) is 11.5 Å². The van der Waals surface area contributed by atoms with Gasteiger partial charge in [-0.3, -0.25) is 0 Å². The number of ether oxygens (including phenoxy) is 2. The monoisotopic (exact) mass is 250 g/mol. The molecule has 1 rings (SSSR count). The molecule has 0 aliphatic heterocycles. The van der Waals surface area contributed by atoms with E-state index in [4.69, 9.17) is 32.7 Å². The van der Waals surface area contributed by atoms with Gasteiger partial charge in [-0.05, 0) is 13.0 Å². The highest BCUT2D eigenvalue weighted by Gasteiger charge is 2.19. The minimum atomic E-state index is -0.711. The molecule has 1 aromatic rings. The zero-order valence-electron chi connectivity index (χ0n) is 8.67. The summed E-state index contributed by atoms with van der Waals surface area (Å²) in [5.74, 6) is 0.738. The fourth-order valence-corrected chi connectivity index (χ4v) is 1.97. The Kier molecular flexibility index (Phi) is 4.08. The van der Waals surface area contributed by atoms with Crippen molar-refractivity contribution in [3.63, 3.8) is 0 Å². The van der Waals surface area contributed by atoms with Crippen LogP contribution in [0, 0.1) is 0 Å². The minimum absolute atomic E-state index is 0.300. The Morgan fingerprint density at radius 1 is 1.20 bits per heavy atom. The smallest absolute Gasteiger partial charge is 0.160 e. The first-order valence-corrected chi connectivity index (χ1v) is 5.06. The topological polar surface area (TPSA) is 38.7 Å². The van der Waals surface area contributed by atoms with Crippen molar-refractivity contribution in [2.45, 2.75) is 13.0 Å². The minimum Gasteiger partial charge on any atom is -0.495 e. The third-order valence-electron chi connectivity index (χ3n) is 2.03. The molecule has 0 aliphatic carbocycles. The van der Waals surface area contributed by atoms with E-state index in [9.17, 15) is 5.11 Å². The van der Waals surface area contributed by atoms with Gasteiger partial charge in [0.05, 0.1) is 25.3 Å². The number of rotatable bonds is 3. The van der Waals surface area contributed by atoms with Gasteiger partial charge < -0.3 is 14.6 Å². The van der Waals surface area contributed by atoms with Crippen LogP contribution in [-0.4, -0.2) is 19.3 Å². The molecule has 1 atom stereocenters. The van der Waals surface area contributed by atoms with E-state index < -0.39 is 6.10 Å². The Morgan fingerprint density at radius 2 is 1.80 bits per heavy atom. The highest BCUT2D eigenvalue weighted by molar-refractivity contribution is 6.38. The molecule has 1 aromatic carbocycles. The van der Waals surface area contributed by atoms with Crippen LogP contribution in [0.3, 0.4) is 0 Å². The van der Waals surface area contributed by atoms with Gasteiger partial charge in [-0.15, -0.1) is 0 Å². The third kappa shape index (κ3) is 2.30. The van der Waals surface area contributed by atoms with Gasteiger partial charge in [0.1, 0.15) is 10.8 Å². The van der Waals surface area contributed by atoms with E-state index in [0.717, 1.165) is 0 Å². The molecule has 15 heavy (non-hydrogen) atoms. The lowest BCUT2D eigenvalue weighted by Crippen LogP contribution is -1.98. The molecule has 0 spiro atoms. The lowest BCUT2D eigenvalue weighted by molar-refractivity contribution is 0.198. The van der Waals surface area contributed by atoms with Crippen molar-refractivity contribution in [2.75, 3.05) is 14.2 Å². The van der Waals surface area contributed by atoms with Gasteiger partial charge in [0, 0.05) is 5.56 Å². The van der Waals surface area contributed by atoms with Crippen LogP contribution in [0.1, 0.15) is 18.6 Å². The quantitative estimate of drug-likeness (QED) is 0.897. The fraction of sp³-hybridized carbons (Fsp3) is 0.400. The van der Waals surface area contributed by atoms with E-state index in [1.54, 1.807) is 13.0 Å². The maximum Gasteiger partial charge on any atom is 0.160 e. The summed E-state index contributed by atoms with van der Waals surface area (Å²) in [4.78, 5) is 0. The van der Waals surface area contributed by atoms with Crippen molar-refractivity contribution in [3.05, 3.63) is 21.7 Å². The van der Waals surface area contributed by atoms with Crippen LogP contribution in [-0.2, 0) is 0 Å². The summed E-state index contributed by atoms with van der Waals surface area (Å²) < 4.78 is 10.1. The Bertz CT molecular complexity index is 364. The van der Waals surface area contributed by atoms with E-state index in [2.05, 4.69) is 0 Å². The normalized spacial score (nSPS) is 12.4. The summed E-state index contributed by atoms with van der Waals surface area (Å²) in [5.41, 5.74) is 0.523. The Balaban J connectivity index is 3.44. The number of hydrogen-bond acceptors (Lipinski definition) is 3. The Hall–Kier alpha value is -0.640. The van der Waals surface area contributed by atoms with Crippen LogP contribution >= 0.6 is 23.2 Å². The molecular formula is C10H12Cl2O3.